The molecule has 4 amide bonds. The Balaban J connectivity index is 1.92. The molecular formula is C27H41N5O4. The summed E-state index contributed by atoms with van der Waals surface area (Å²) in [5, 5.41) is 6.04. The van der Waals surface area contributed by atoms with Crippen molar-refractivity contribution < 1.29 is 19.1 Å². The van der Waals surface area contributed by atoms with Gasteiger partial charge in [-0.2, -0.15) is 0 Å². The number of benzene rings is 1. The molecule has 198 valence electrons. The zero-order valence-electron chi connectivity index (χ0n) is 22.7. The third-order valence-corrected chi connectivity index (χ3v) is 6.55. The first-order valence-corrected chi connectivity index (χ1v) is 12.7. The number of carbonyl (C=O) groups is 3. The van der Waals surface area contributed by atoms with Gasteiger partial charge < -0.3 is 20.3 Å². The van der Waals surface area contributed by atoms with Crippen LogP contribution < -0.4 is 10.6 Å². The van der Waals surface area contributed by atoms with E-state index in [1.807, 2.05) is 57.7 Å². The van der Waals surface area contributed by atoms with Gasteiger partial charge in [0.15, 0.2) is 0 Å². The molecular weight excluding hydrogens is 458 g/mol. The van der Waals surface area contributed by atoms with Gasteiger partial charge in [0.05, 0.1) is 18.2 Å². The summed E-state index contributed by atoms with van der Waals surface area (Å²) in [6.07, 6.45) is 0.801. The van der Waals surface area contributed by atoms with Gasteiger partial charge in [0.25, 0.3) is 0 Å². The number of hydrogen-bond acceptors (Lipinski definition) is 5. The Morgan fingerprint density at radius 3 is 2.53 bits per heavy atom. The van der Waals surface area contributed by atoms with Crippen LogP contribution in [0.3, 0.4) is 0 Å². The molecule has 0 saturated carbocycles. The molecule has 0 aliphatic carbocycles. The number of nitrogens with one attached hydrogen (secondary N) is 2. The van der Waals surface area contributed by atoms with Crippen molar-refractivity contribution in [3.8, 4) is 0 Å². The van der Waals surface area contributed by atoms with E-state index in [2.05, 4.69) is 15.5 Å². The normalized spacial score (nSPS) is 19.6. The smallest absolute Gasteiger partial charge is 0.338 e. The minimum atomic E-state index is -0.594. The van der Waals surface area contributed by atoms with E-state index >= 15 is 0 Å². The van der Waals surface area contributed by atoms with Gasteiger partial charge >= 0.3 is 18.0 Å². The van der Waals surface area contributed by atoms with Gasteiger partial charge in [0.2, 0.25) is 0 Å². The standard InChI is InChI=1S/C27H41N5O4/c1-8-36-24(33)22-21(17-31-12-9-13-32(15-14-31)26(35)29-27(4,5)6)30(7)25(34)28-23(22)20-16-18(2)10-11-19(20)3/h10-11,16,23H,8-9,12-15,17H2,1-7H3,(H,28,34)(H,29,35). The number of likely N-dealkylation sites (N-methyl/N-ethyl adjacent to an activating group) is 1. The van der Waals surface area contributed by atoms with E-state index in [1.165, 1.54) is 4.90 Å². The summed E-state index contributed by atoms with van der Waals surface area (Å²) in [7, 11) is 1.68. The van der Waals surface area contributed by atoms with Gasteiger partial charge in [-0.15, -0.1) is 0 Å². The fourth-order valence-electron chi connectivity index (χ4n) is 4.65. The number of rotatable bonds is 5. The molecule has 1 aromatic rings. The minimum absolute atomic E-state index is 0.0695. The van der Waals surface area contributed by atoms with Crippen LogP contribution in [0.4, 0.5) is 9.59 Å². The summed E-state index contributed by atoms with van der Waals surface area (Å²) in [6, 6.07) is 5.11. The third kappa shape index (κ3) is 6.57. The molecule has 9 nitrogen and oxygen atoms in total. The van der Waals surface area contributed by atoms with E-state index in [0.29, 0.717) is 37.4 Å². The molecule has 1 unspecified atom stereocenters. The molecule has 1 fully saturated rings. The molecule has 0 spiro atoms. The van der Waals surface area contributed by atoms with Crippen molar-refractivity contribution in [1.82, 2.24) is 25.3 Å². The highest BCUT2D eigenvalue weighted by molar-refractivity contribution is 5.95. The van der Waals surface area contributed by atoms with Crippen molar-refractivity contribution in [2.45, 2.75) is 59.5 Å². The minimum Gasteiger partial charge on any atom is -0.463 e. The maximum atomic E-state index is 13.3. The number of hydrogen-bond donors (Lipinski definition) is 2. The fourth-order valence-corrected chi connectivity index (χ4v) is 4.65. The quantitative estimate of drug-likeness (QED) is 0.606. The van der Waals surface area contributed by atoms with Crippen LogP contribution in [0, 0.1) is 13.8 Å². The lowest BCUT2D eigenvalue weighted by molar-refractivity contribution is -0.139. The summed E-state index contributed by atoms with van der Waals surface area (Å²) < 4.78 is 5.47. The first kappa shape index (κ1) is 27.5. The number of aryl methyl sites for hydroxylation is 2. The highest BCUT2D eigenvalue weighted by Crippen LogP contribution is 2.33. The lowest BCUT2D eigenvalue weighted by Crippen LogP contribution is -2.50. The highest BCUT2D eigenvalue weighted by Gasteiger charge is 2.38. The molecule has 2 aliphatic rings. The molecule has 2 heterocycles. The van der Waals surface area contributed by atoms with Crippen molar-refractivity contribution in [3.63, 3.8) is 0 Å². The maximum absolute atomic E-state index is 13.3. The van der Waals surface area contributed by atoms with E-state index < -0.39 is 12.0 Å². The molecule has 1 saturated heterocycles. The van der Waals surface area contributed by atoms with Crippen LogP contribution in [0.5, 0.6) is 0 Å². The highest BCUT2D eigenvalue weighted by atomic mass is 16.5. The van der Waals surface area contributed by atoms with Crippen molar-refractivity contribution >= 4 is 18.0 Å². The molecule has 36 heavy (non-hydrogen) atoms. The van der Waals surface area contributed by atoms with Crippen LogP contribution in [0.1, 0.15) is 56.8 Å². The van der Waals surface area contributed by atoms with Crippen LogP contribution in [0.15, 0.2) is 29.5 Å². The Labute approximate surface area is 214 Å². The summed E-state index contributed by atoms with van der Waals surface area (Å²) in [5.41, 5.74) is 3.72. The lowest BCUT2D eigenvalue weighted by atomic mass is 9.90. The van der Waals surface area contributed by atoms with Gasteiger partial charge in [-0.1, -0.05) is 23.8 Å². The van der Waals surface area contributed by atoms with Gasteiger partial charge in [-0.25, -0.2) is 14.4 Å². The van der Waals surface area contributed by atoms with E-state index in [0.717, 1.165) is 29.7 Å². The monoisotopic (exact) mass is 499 g/mol. The first-order chi connectivity index (χ1) is 16.9. The number of nitrogens with zero attached hydrogens (tertiary/aromatic N) is 3. The molecule has 0 bridgehead atoms. The molecule has 0 aromatic heterocycles. The van der Waals surface area contributed by atoms with Crippen molar-refractivity contribution in [3.05, 3.63) is 46.2 Å². The number of carbonyl (C=O) groups excluding carboxylic acids is 3. The second-order valence-corrected chi connectivity index (χ2v) is 10.7. The van der Waals surface area contributed by atoms with Gasteiger partial charge in [-0.3, -0.25) is 9.80 Å². The van der Waals surface area contributed by atoms with E-state index in [4.69, 9.17) is 4.74 Å². The lowest BCUT2D eigenvalue weighted by Gasteiger charge is -2.37. The Morgan fingerprint density at radius 2 is 1.86 bits per heavy atom. The average Bonchev–Trinajstić information content (AvgIpc) is 3.03. The summed E-state index contributed by atoms with van der Waals surface area (Å²) in [4.78, 5) is 44.6. The Morgan fingerprint density at radius 1 is 1.14 bits per heavy atom. The molecule has 9 heteroatoms. The molecule has 3 rings (SSSR count). The van der Waals surface area contributed by atoms with Crippen LogP contribution in [0.25, 0.3) is 0 Å². The van der Waals surface area contributed by atoms with Gasteiger partial charge in [0, 0.05) is 51.0 Å². The number of amides is 4. The largest absolute Gasteiger partial charge is 0.463 e. The Kier molecular flexibility index (Phi) is 8.66. The van der Waals surface area contributed by atoms with Crippen molar-refractivity contribution in [1.29, 1.82) is 0 Å². The predicted octanol–water partition coefficient (Wildman–Crippen LogP) is 3.33. The topological polar surface area (TPSA) is 94.2 Å². The van der Waals surface area contributed by atoms with E-state index in [9.17, 15) is 14.4 Å². The van der Waals surface area contributed by atoms with Crippen LogP contribution in [-0.4, -0.2) is 84.6 Å². The summed E-state index contributed by atoms with van der Waals surface area (Å²) in [6.45, 7) is 14.9. The first-order valence-electron chi connectivity index (χ1n) is 12.7. The third-order valence-electron chi connectivity index (χ3n) is 6.55. The molecule has 2 N–H and O–H groups in total. The second-order valence-electron chi connectivity index (χ2n) is 10.7. The number of urea groups is 2. The van der Waals surface area contributed by atoms with E-state index in [1.54, 1.807) is 14.0 Å². The number of ether oxygens (including phenoxy) is 1. The van der Waals surface area contributed by atoms with Crippen LogP contribution in [0.2, 0.25) is 0 Å². The van der Waals surface area contributed by atoms with Gasteiger partial charge in [0.1, 0.15) is 0 Å². The van der Waals surface area contributed by atoms with Gasteiger partial charge in [-0.05, 0) is 59.1 Å². The fraction of sp³-hybridized carbons (Fsp3) is 0.593. The van der Waals surface area contributed by atoms with Crippen molar-refractivity contribution in [2.75, 3.05) is 46.4 Å². The molecule has 2 aliphatic heterocycles. The molecule has 1 atom stereocenters. The Hall–Kier alpha value is -3.07. The second kappa shape index (κ2) is 11.3. The summed E-state index contributed by atoms with van der Waals surface area (Å²) >= 11 is 0. The summed E-state index contributed by atoms with van der Waals surface area (Å²) in [5.74, 6) is -0.425. The van der Waals surface area contributed by atoms with Crippen LogP contribution in [-0.2, 0) is 9.53 Å². The Bertz CT molecular complexity index is 1030. The van der Waals surface area contributed by atoms with Crippen LogP contribution >= 0.6 is 0 Å². The van der Waals surface area contributed by atoms with E-state index in [-0.39, 0.29) is 24.2 Å². The zero-order valence-corrected chi connectivity index (χ0v) is 22.7. The molecule has 0 radical (unpaired) electrons. The SMILES string of the molecule is CCOC(=O)C1=C(CN2CCCN(C(=O)NC(C)(C)C)CC2)N(C)C(=O)NC1c1cc(C)ccc1C. The maximum Gasteiger partial charge on any atom is 0.338 e. The predicted molar refractivity (Wildman–Crippen MR) is 140 cm³/mol. The zero-order chi connectivity index (χ0) is 26.6. The van der Waals surface area contributed by atoms with Crippen molar-refractivity contribution in [2.24, 2.45) is 0 Å². The number of esters is 1. The molecule has 1 aromatic carbocycles. The average molecular weight is 500 g/mol.